The first-order valence-electron chi connectivity index (χ1n) is 10.4. The highest BCUT2D eigenvalue weighted by molar-refractivity contribution is 7.99. The Bertz CT molecular complexity index is 1150. The monoisotopic (exact) mass is 435 g/mol. The van der Waals surface area contributed by atoms with E-state index in [1.54, 1.807) is 4.68 Å². The average molecular weight is 436 g/mol. The summed E-state index contributed by atoms with van der Waals surface area (Å²) >= 11 is 1.27. The lowest BCUT2D eigenvalue weighted by Crippen LogP contribution is -2.20. The molecule has 8 nitrogen and oxygen atoms in total. The highest BCUT2D eigenvalue weighted by atomic mass is 32.2. The summed E-state index contributed by atoms with van der Waals surface area (Å²) in [6, 6.07) is 10.5. The molecule has 1 aliphatic rings. The van der Waals surface area contributed by atoms with Gasteiger partial charge in [-0.25, -0.2) is 0 Å². The van der Waals surface area contributed by atoms with Gasteiger partial charge in [-0.1, -0.05) is 36.7 Å². The fraction of sp³-hybridized carbons (Fsp3) is 0.409. The van der Waals surface area contributed by atoms with Crippen LogP contribution in [0.2, 0.25) is 0 Å². The molecular formula is C22H25N7OS. The van der Waals surface area contributed by atoms with Crippen molar-refractivity contribution in [2.45, 2.75) is 57.7 Å². The molecule has 2 aromatic heterocycles. The van der Waals surface area contributed by atoms with Crippen molar-refractivity contribution >= 4 is 23.5 Å². The number of carbonyl (C=O) groups is 1. The highest BCUT2D eigenvalue weighted by Crippen LogP contribution is 2.37. The van der Waals surface area contributed by atoms with Crippen molar-refractivity contribution in [2.24, 2.45) is 0 Å². The van der Waals surface area contributed by atoms with Crippen LogP contribution in [0.5, 0.6) is 0 Å². The molecule has 0 spiro atoms. The Kier molecular flexibility index (Phi) is 6.09. The van der Waals surface area contributed by atoms with Crippen LogP contribution >= 0.6 is 11.8 Å². The van der Waals surface area contributed by atoms with Crippen molar-refractivity contribution in [3.05, 3.63) is 46.6 Å². The first-order valence-corrected chi connectivity index (χ1v) is 11.4. The average Bonchev–Trinajstić information content (AvgIpc) is 3.48. The van der Waals surface area contributed by atoms with Crippen LogP contribution in [0.4, 0.5) is 5.82 Å². The number of thioether (sulfide) groups is 1. The Hall–Kier alpha value is -3.12. The summed E-state index contributed by atoms with van der Waals surface area (Å²) in [5.41, 5.74) is 4.48. The number of amides is 1. The molecule has 1 amide bonds. The van der Waals surface area contributed by atoms with E-state index in [4.69, 9.17) is 0 Å². The van der Waals surface area contributed by atoms with Crippen LogP contribution < -0.4 is 5.32 Å². The normalized spacial score (nSPS) is 14.0. The summed E-state index contributed by atoms with van der Waals surface area (Å²) < 4.78 is 3.78. The maximum Gasteiger partial charge on any atom is 0.235 e. The van der Waals surface area contributed by atoms with Gasteiger partial charge >= 0.3 is 0 Å². The van der Waals surface area contributed by atoms with Gasteiger partial charge in [0.15, 0.2) is 0 Å². The van der Waals surface area contributed by atoms with Gasteiger partial charge in [0.25, 0.3) is 0 Å². The number of hydrogen-bond donors (Lipinski definition) is 1. The molecule has 1 aliphatic carbocycles. The third-order valence-electron chi connectivity index (χ3n) is 5.84. The molecule has 1 aromatic carbocycles. The predicted octanol–water partition coefficient (Wildman–Crippen LogP) is 4.11. The summed E-state index contributed by atoms with van der Waals surface area (Å²) in [5.74, 6) is 0.579. The number of benzene rings is 1. The first-order chi connectivity index (χ1) is 15.0. The summed E-state index contributed by atoms with van der Waals surface area (Å²) in [6.45, 7) is 5.97. The number of aromatic nitrogens is 5. The zero-order valence-corrected chi connectivity index (χ0v) is 18.7. The van der Waals surface area contributed by atoms with Crippen molar-refractivity contribution in [2.75, 3.05) is 11.1 Å². The van der Waals surface area contributed by atoms with Crippen molar-refractivity contribution in [3.63, 3.8) is 0 Å². The van der Waals surface area contributed by atoms with Gasteiger partial charge in [0.2, 0.25) is 11.1 Å². The molecule has 4 rings (SSSR count). The van der Waals surface area contributed by atoms with Crippen LogP contribution in [-0.4, -0.2) is 36.4 Å². The van der Waals surface area contributed by atoms with Gasteiger partial charge in [-0.3, -0.25) is 4.79 Å². The van der Waals surface area contributed by atoms with Crippen LogP contribution in [0.1, 0.15) is 54.1 Å². The number of rotatable bonds is 6. The molecular weight excluding hydrogens is 410 g/mol. The molecule has 3 aromatic rings. The molecule has 0 radical (unpaired) electrons. The second-order valence-electron chi connectivity index (χ2n) is 7.90. The summed E-state index contributed by atoms with van der Waals surface area (Å²) in [6.07, 6.45) is 4.49. The molecule has 1 fully saturated rings. The van der Waals surface area contributed by atoms with E-state index in [2.05, 4.69) is 31.5 Å². The van der Waals surface area contributed by atoms with Crippen molar-refractivity contribution in [1.29, 1.82) is 5.26 Å². The lowest BCUT2D eigenvalue weighted by atomic mass is 10.2. The lowest BCUT2D eigenvalue weighted by molar-refractivity contribution is -0.113. The van der Waals surface area contributed by atoms with Gasteiger partial charge < -0.3 is 9.88 Å². The van der Waals surface area contributed by atoms with Crippen LogP contribution in [0.3, 0.4) is 0 Å². The Balaban J connectivity index is 1.52. The molecule has 2 heterocycles. The molecule has 0 aliphatic heterocycles. The van der Waals surface area contributed by atoms with Crippen LogP contribution in [0.15, 0.2) is 29.4 Å². The van der Waals surface area contributed by atoms with Crippen LogP contribution in [0.25, 0.3) is 5.69 Å². The van der Waals surface area contributed by atoms with Gasteiger partial charge in [0.05, 0.1) is 17.0 Å². The van der Waals surface area contributed by atoms with E-state index >= 15 is 0 Å². The zero-order valence-electron chi connectivity index (χ0n) is 17.9. The number of nitrogens with one attached hydrogen (secondary N) is 1. The van der Waals surface area contributed by atoms with Crippen molar-refractivity contribution in [1.82, 2.24) is 24.8 Å². The van der Waals surface area contributed by atoms with Gasteiger partial charge in [-0.2, -0.15) is 9.94 Å². The van der Waals surface area contributed by atoms with Gasteiger partial charge in [0, 0.05) is 11.7 Å². The van der Waals surface area contributed by atoms with E-state index in [0.29, 0.717) is 22.6 Å². The molecule has 0 saturated heterocycles. The zero-order chi connectivity index (χ0) is 22.0. The molecule has 1 N–H and O–H groups in total. The minimum Gasteiger partial charge on any atom is -0.327 e. The third kappa shape index (κ3) is 4.21. The quantitative estimate of drug-likeness (QED) is 0.585. The minimum absolute atomic E-state index is 0.144. The second-order valence-corrected chi connectivity index (χ2v) is 8.85. The summed E-state index contributed by atoms with van der Waals surface area (Å²) in [5, 5.41) is 25.1. The molecule has 0 unspecified atom stereocenters. The number of nitriles is 1. The Morgan fingerprint density at radius 1 is 1.29 bits per heavy atom. The van der Waals surface area contributed by atoms with E-state index in [0.717, 1.165) is 35.3 Å². The van der Waals surface area contributed by atoms with Crippen LogP contribution in [0, 0.1) is 32.1 Å². The smallest absolute Gasteiger partial charge is 0.235 e. The third-order valence-corrected chi connectivity index (χ3v) is 6.76. The molecule has 0 atom stereocenters. The van der Waals surface area contributed by atoms with E-state index in [-0.39, 0.29) is 11.7 Å². The number of carbonyl (C=O) groups excluding carboxylic acids is 1. The second kappa shape index (κ2) is 8.94. The first kappa shape index (κ1) is 21.1. The summed E-state index contributed by atoms with van der Waals surface area (Å²) in [7, 11) is 0. The van der Waals surface area contributed by atoms with E-state index < -0.39 is 0 Å². The topological polar surface area (TPSA) is 101 Å². The maximum atomic E-state index is 12.8. The van der Waals surface area contributed by atoms with Crippen molar-refractivity contribution in [3.8, 4) is 11.8 Å². The number of nitrogens with zero attached hydrogens (tertiary/aromatic N) is 6. The van der Waals surface area contributed by atoms with Crippen LogP contribution in [-0.2, 0) is 4.79 Å². The number of hydrogen-bond acceptors (Lipinski definition) is 6. The minimum atomic E-state index is -0.183. The summed E-state index contributed by atoms with van der Waals surface area (Å²) in [4.78, 5) is 12.8. The Morgan fingerprint density at radius 3 is 2.77 bits per heavy atom. The van der Waals surface area contributed by atoms with E-state index in [1.807, 2.05) is 45.0 Å². The fourth-order valence-electron chi connectivity index (χ4n) is 4.19. The molecule has 9 heteroatoms. The van der Waals surface area contributed by atoms with Gasteiger partial charge in [-0.15, -0.1) is 5.10 Å². The standard InChI is InChI=1S/C22H25N7OS/c1-14-7-6-10-18(11-14)29-22(25-26-27-29)31-13-20(30)24-21-19(12-23)15(2)16(3)28(21)17-8-4-5-9-17/h6-7,10-11,17H,4-5,8-9,13H2,1-3H3,(H,24,30). The largest absolute Gasteiger partial charge is 0.327 e. The van der Waals surface area contributed by atoms with Gasteiger partial charge in [-0.05, 0) is 67.3 Å². The highest BCUT2D eigenvalue weighted by Gasteiger charge is 2.26. The fourth-order valence-corrected chi connectivity index (χ4v) is 4.89. The lowest BCUT2D eigenvalue weighted by Gasteiger charge is -2.19. The number of tetrazole rings is 1. The SMILES string of the molecule is Cc1cccc(-n2nnnc2SCC(=O)Nc2c(C#N)c(C)c(C)n2C2CCCC2)c1. The molecule has 1 saturated carbocycles. The van der Waals surface area contributed by atoms with Gasteiger partial charge in [0.1, 0.15) is 11.9 Å². The predicted molar refractivity (Wildman–Crippen MR) is 119 cm³/mol. The van der Waals surface area contributed by atoms with E-state index in [1.165, 1.54) is 24.6 Å². The molecule has 0 bridgehead atoms. The number of aryl methyl sites for hydroxylation is 1. The Morgan fingerprint density at radius 2 is 2.06 bits per heavy atom. The van der Waals surface area contributed by atoms with E-state index in [9.17, 15) is 10.1 Å². The Labute approximate surface area is 185 Å². The number of anilines is 1. The van der Waals surface area contributed by atoms with Crippen molar-refractivity contribution < 1.29 is 4.79 Å². The maximum absolute atomic E-state index is 12.8. The molecule has 31 heavy (non-hydrogen) atoms. The molecule has 160 valence electrons.